The normalized spacial score (nSPS) is 25.5. The Morgan fingerprint density at radius 3 is 2.80 bits per heavy atom. The van der Waals surface area contributed by atoms with Crippen LogP contribution in [-0.2, 0) is 11.2 Å². The quantitative estimate of drug-likeness (QED) is 0.877. The van der Waals surface area contributed by atoms with Crippen LogP contribution in [0, 0.1) is 0 Å². The standard InChI is InChI=1S/C20H29N3O.ClH/c1-16-13-17-7-3-4-8-18(17)23(16)19(24)14-22-12-11-21-15-20(22)9-5-2-6-10-20;/h3-4,7-8,16,21H,2,5-6,9-15H2,1H3;1H. The van der Waals surface area contributed by atoms with E-state index in [4.69, 9.17) is 0 Å². The molecule has 1 aliphatic carbocycles. The summed E-state index contributed by atoms with van der Waals surface area (Å²) in [6.45, 7) is 5.79. The minimum Gasteiger partial charge on any atom is -0.314 e. The van der Waals surface area contributed by atoms with E-state index in [-0.39, 0.29) is 29.9 Å². The summed E-state index contributed by atoms with van der Waals surface area (Å²) >= 11 is 0. The first-order chi connectivity index (χ1) is 11.7. The van der Waals surface area contributed by atoms with E-state index in [1.807, 2.05) is 11.0 Å². The van der Waals surface area contributed by atoms with E-state index < -0.39 is 0 Å². The highest BCUT2D eigenvalue weighted by Gasteiger charge is 2.41. The Hall–Kier alpha value is -1.10. The van der Waals surface area contributed by atoms with Gasteiger partial charge in [0, 0.05) is 36.9 Å². The first-order valence-electron chi connectivity index (χ1n) is 9.55. The van der Waals surface area contributed by atoms with E-state index in [0.29, 0.717) is 6.54 Å². The number of hydrogen-bond donors (Lipinski definition) is 1. The van der Waals surface area contributed by atoms with Gasteiger partial charge >= 0.3 is 0 Å². The maximum atomic E-state index is 13.2. The number of rotatable bonds is 2. The SMILES string of the molecule is CC1Cc2ccccc2N1C(=O)CN1CCNCC12CCCCC2.Cl. The van der Waals surface area contributed by atoms with Crippen LogP contribution in [0.1, 0.15) is 44.6 Å². The molecule has 5 heteroatoms. The average Bonchev–Trinajstić information content (AvgIpc) is 2.93. The molecule has 1 amide bonds. The van der Waals surface area contributed by atoms with Gasteiger partial charge in [-0.1, -0.05) is 37.5 Å². The fraction of sp³-hybridized carbons (Fsp3) is 0.650. The van der Waals surface area contributed by atoms with Gasteiger partial charge in [-0.05, 0) is 37.8 Å². The van der Waals surface area contributed by atoms with Gasteiger partial charge in [-0.25, -0.2) is 0 Å². The number of hydrogen-bond acceptors (Lipinski definition) is 3. The summed E-state index contributed by atoms with van der Waals surface area (Å²) in [5.74, 6) is 0.277. The Balaban J connectivity index is 0.00000182. The lowest BCUT2D eigenvalue weighted by molar-refractivity contribution is -0.122. The van der Waals surface area contributed by atoms with E-state index in [1.165, 1.54) is 37.7 Å². The predicted octanol–water partition coefficient (Wildman–Crippen LogP) is 2.99. The third-order valence-corrected chi connectivity index (χ3v) is 6.27. The molecule has 4 nitrogen and oxygen atoms in total. The van der Waals surface area contributed by atoms with E-state index in [2.05, 4.69) is 35.3 Å². The molecule has 1 aromatic rings. The van der Waals surface area contributed by atoms with Crippen LogP contribution in [0.25, 0.3) is 0 Å². The van der Waals surface area contributed by atoms with Gasteiger partial charge in [-0.2, -0.15) is 0 Å². The van der Waals surface area contributed by atoms with E-state index in [0.717, 1.165) is 31.7 Å². The van der Waals surface area contributed by atoms with Crippen LogP contribution in [0.5, 0.6) is 0 Å². The molecule has 0 aromatic heterocycles. The number of nitrogens with one attached hydrogen (secondary N) is 1. The van der Waals surface area contributed by atoms with Crippen molar-refractivity contribution in [3.05, 3.63) is 29.8 Å². The lowest BCUT2D eigenvalue weighted by atomic mass is 9.79. The maximum absolute atomic E-state index is 13.2. The highest BCUT2D eigenvalue weighted by atomic mass is 35.5. The first kappa shape index (κ1) is 18.7. The van der Waals surface area contributed by atoms with E-state index in [1.54, 1.807) is 0 Å². The summed E-state index contributed by atoms with van der Waals surface area (Å²) in [6, 6.07) is 8.66. The fourth-order valence-corrected chi connectivity index (χ4v) is 5.02. The van der Waals surface area contributed by atoms with Crippen molar-refractivity contribution in [2.24, 2.45) is 0 Å². The van der Waals surface area contributed by atoms with Gasteiger partial charge in [0.25, 0.3) is 0 Å². The predicted molar refractivity (Wildman–Crippen MR) is 105 cm³/mol. The van der Waals surface area contributed by atoms with Crippen LogP contribution in [-0.4, -0.2) is 48.6 Å². The Bertz CT molecular complexity index is 606. The second-order valence-corrected chi connectivity index (χ2v) is 7.83. The summed E-state index contributed by atoms with van der Waals surface area (Å²) < 4.78 is 0. The third-order valence-electron chi connectivity index (χ3n) is 6.27. The van der Waals surface area contributed by atoms with Gasteiger partial charge < -0.3 is 10.2 Å². The van der Waals surface area contributed by atoms with E-state index >= 15 is 0 Å². The molecule has 1 atom stereocenters. The molecular formula is C20H30ClN3O. The molecule has 1 aromatic carbocycles. The minimum atomic E-state index is 0. The van der Waals surface area contributed by atoms with Crippen molar-refractivity contribution in [1.82, 2.24) is 10.2 Å². The second kappa shape index (κ2) is 7.65. The van der Waals surface area contributed by atoms with Crippen LogP contribution >= 0.6 is 12.4 Å². The van der Waals surface area contributed by atoms with Crippen molar-refractivity contribution in [1.29, 1.82) is 0 Å². The molecule has 1 spiro atoms. The van der Waals surface area contributed by atoms with Crippen LogP contribution in [0.4, 0.5) is 5.69 Å². The second-order valence-electron chi connectivity index (χ2n) is 7.83. The molecule has 2 heterocycles. The minimum absolute atomic E-state index is 0. The number of carbonyl (C=O) groups is 1. The number of piperazine rings is 1. The van der Waals surface area contributed by atoms with Gasteiger partial charge in [-0.15, -0.1) is 12.4 Å². The zero-order valence-corrected chi connectivity index (χ0v) is 16.0. The van der Waals surface area contributed by atoms with Crippen LogP contribution in [0.15, 0.2) is 24.3 Å². The Labute approximate surface area is 157 Å². The fourth-order valence-electron chi connectivity index (χ4n) is 5.02. The molecule has 1 unspecified atom stereocenters. The lowest BCUT2D eigenvalue weighted by Crippen LogP contribution is -2.63. The summed E-state index contributed by atoms with van der Waals surface area (Å²) in [6.07, 6.45) is 7.40. The number of fused-ring (bicyclic) bond motifs is 1. The number of carbonyl (C=O) groups excluding carboxylic acids is 1. The molecular weight excluding hydrogens is 334 g/mol. The number of nitrogens with zero attached hydrogens (tertiary/aromatic N) is 2. The third kappa shape index (κ3) is 3.44. The number of anilines is 1. The highest BCUT2D eigenvalue weighted by molar-refractivity contribution is 5.97. The Morgan fingerprint density at radius 2 is 2.00 bits per heavy atom. The van der Waals surface area contributed by atoms with Crippen molar-refractivity contribution in [2.45, 2.75) is 57.0 Å². The summed E-state index contributed by atoms with van der Waals surface area (Å²) in [4.78, 5) is 17.7. The number of halogens is 1. The van der Waals surface area contributed by atoms with Crippen LogP contribution in [0.2, 0.25) is 0 Å². The smallest absolute Gasteiger partial charge is 0.241 e. The molecule has 0 radical (unpaired) electrons. The van der Waals surface area contributed by atoms with Crippen molar-refractivity contribution in [3.63, 3.8) is 0 Å². The Kier molecular flexibility index (Phi) is 5.71. The number of amides is 1. The first-order valence-corrected chi connectivity index (χ1v) is 9.55. The Morgan fingerprint density at radius 1 is 1.24 bits per heavy atom. The largest absolute Gasteiger partial charge is 0.314 e. The lowest BCUT2D eigenvalue weighted by Gasteiger charge is -2.50. The summed E-state index contributed by atoms with van der Waals surface area (Å²) in [5.41, 5.74) is 2.66. The van der Waals surface area contributed by atoms with Gasteiger partial charge in [0.15, 0.2) is 0 Å². The van der Waals surface area contributed by atoms with Crippen molar-refractivity contribution in [2.75, 3.05) is 31.1 Å². The molecule has 25 heavy (non-hydrogen) atoms. The number of benzene rings is 1. The molecule has 3 aliphatic rings. The molecule has 1 N–H and O–H groups in total. The van der Waals surface area contributed by atoms with Crippen LogP contribution in [0.3, 0.4) is 0 Å². The molecule has 4 rings (SSSR count). The van der Waals surface area contributed by atoms with Crippen LogP contribution < -0.4 is 10.2 Å². The average molecular weight is 364 g/mol. The van der Waals surface area contributed by atoms with Crippen molar-refractivity contribution in [3.8, 4) is 0 Å². The van der Waals surface area contributed by atoms with Crippen molar-refractivity contribution >= 4 is 24.0 Å². The zero-order chi connectivity index (χ0) is 16.6. The van der Waals surface area contributed by atoms with Crippen molar-refractivity contribution < 1.29 is 4.79 Å². The number of para-hydroxylation sites is 1. The highest BCUT2D eigenvalue weighted by Crippen LogP contribution is 2.36. The monoisotopic (exact) mass is 363 g/mol. The topological polar surface area (TPSA) is 35.6 Å². The summed E-state index contributed by atoms with van der Waals surface area (Å²) in [5, 5.41) is 3.58. The molecule has 2 fully saturated rings. The van der Waals surface area contributed by atoms with Gasteiger partial charge in [0.05, 0.1) is 6.54 Å². The van der Waals surface area contributed by atoms with E-state index in [9.17, 15) is 4.79 Å². The van der Waals surface area contributed by atoms with Gasteiger partial charge in [0.1, 0.15) is 0 Å². The summed E-state index contributed by atoms with van der Waals surface area (Å²) in [7, 11) is 0. The molecule has 138 valence electrons. The van der Waals surface area contributed by atoms with Gasteiger partial charge in [-0.3, -0.25) is 9.69 Å². The zero-order valence-electron chi connectivity index (χ0n) is 15.2. The molecule has 0 bridgehead atoms. The maximum Gasteiger partial charge on any atom is 0.241 e. The van der Waals surface area contributed by atoms with Gasteiger partial charge in [0.2, 0.25) is 5.91 Å². The molecule has 1 saturated carbocycles. The molecule has 2 aliphatic heterocycles. The molecule has 1 saturated heterocycles.